The third-order valence-electron chi connectivity index (χ3n) is 4.35. The van der Waals surface area contributed by atoms with E-state index in [-0.39, 0.29) is 0 Å². The fourth-order valence-corrected chi connectivity index (χ4v) is 3.22. The Morgan fingerprint density at radius 3 is 3.13 bits per heavy atom. The fourth-order valence-electron chi connectivity index (χ4n) is 3.22. The molecule has 0 aliphatic carbocycles. The van der Waals surface area contributed by atoms with Crippen molar-refractivity contribution < 1.29 is 9.15 Å². The Hall–Kier alpha value is -2.35. The van der Waals surface area contributed by atoms with Gasteiger partial charge in [0.15, 0.2) is 11.7 Å². The number of furan rings is 1. The summed E-state index contributed by atoms with van der Waals surface area (Å²) in [5, 5.41) is 13.7. The van der Waals surface area contributed by atoms with Crippen LogP contribution in [0.3, 0.4) is 0 Å². The molecule has 2 aromatic rings. The van der Waals surface area contributed by atoms with Gasteiger partial charge in [-0.05, 0) is 31.4 Å². The summed E-state index contributed by atoms with van der Waals surface area (Å²) < 4.78 is 11.1. The predicted molar refractivity (Wildman–Crippen MR) is 83.7 cm³/mol. The lowest BCUT2D eigenvalue weighted by Gasteiger charge is -2.22. The summed E-state index contributed by atoms with van der Waals surface area (Å²) in [6.07, 6.45) is 5.70. The summed E-state index contributed by atoms with van der Waals surface area (Å²) in [4.78, 5) is 8.66. The summed E-state index contributed by atoms with van der Waals surface area (Å²) >= 11 is 0. The van der Waals surface area contributed by atoms with Crippen LogP contribution < -0.4 is 10.6 Å². The number of ether oxygens (including phenoxy) is 1. The number of H-pyrrole nitrogens is 1. The Labute approximate surface area is 133 Å². The average Bonchev–Trinajstić information content (AvgIpc) is 3.35. The molecule has 2 bridgehead atoms. The standard InChI is InChI=1S/C15H20N6O2/c1-16-15(18-10-7-9-4-5-11(10)23-9)17-8-13-19-14(21-20-13)12-3-2-6-22-12/h2-3,6,9-11H,4-5,7-8H2,1H3,(H2,16,17,18)(H,19,20,21). The van der Waals surface area contributed by atoms with Gasteiger partial charge in [-0.25, -0.2) is 4.98 Å². The van der Waals surface area contributed by atoms with Gasteiger partial charge in [0.25, 0.3) is 0 Å². The zero-order valence-electron chi connectivity index (χ0n) is 13.0. The molecule has 2 aromatic heterocycles. The molecular formula is C15H20N6O2. The van der Waals surface area contributed by atoms with Gasteiger partial charge in [-0.3, -0.25) is 10.1 Å². The van der Waals surface area contributed by atoms with Gasteiger partial charge >= 0.3 is 0 Å². The maximum Gasteiger partial charge on any atom is 0.216 e. The van der Waals surface area contributed by atoms with Gasteiger partial charge in [0, 0.05) is 7.05 Å². The molecule has 2 aliphatic heterocycles. The van der Waals surface area contributed by atoms with Gasteiger partial charge in [0.1, 0.15) is 5.82 Å². The fraction of sp³-hybridized carbons (Fsp3) is 0.533. The van der Waals surface area contributed by atoms with Crippen molar-refractivity contribution in [1.29, 1.82) is 0 Å². The zero-order chi connectivity index (χ0) is 15.6. The highest BCUT2D eigenvalue weighted by atomic mass is 16.5. The van der Waals surface area contributed by atoms with Crippen molar-refractivity contribution in [3.63, 3.8) is 0 Å². The maximum atomic E-state index is 5.85. The second-order valence-corrected chi connectivity index (χ2v) is 5.87. The molecule has 0 saturated carbocycles. The molecule has 122 valence electrons. The van der Waals surface area contributed by atoms with Crippen LogP contribution in [0.2, 0.25) is 0 Å². The molecule has 8 heteroatoms. The molecule has 2 aliphatic rings. The third-order valence-corrected chi connectivity index (χ3v) is 4.35. The highest BCUT2D eigenvalue weighted by Crippen LogP contribution is 2.34. The highest BCUT2D eigenvalue weighted by molar-refractivity contribution is 5.80. The van der Waals surface area contributed by atoms with E-state index in [2.05, 4.69) is 30.8 Å². The first-order chi connectivity index (χ1) is 11.3. The Morgan fingerprint density at radius 1 is 1.48 bits per heavy atom. The zero-order valence-corrected chi connectivity index (χ0v) is 13.0. The summed E-state index contributed by atoms with van der Waals surface area (Å²) in [5.41, 5.74) is 0. The maximum absolute atomic E-state index is 5.85. The van der Waals surface area contributed by atoms with Gasteiger partial charge in [-0.1, -0.05) is 0 Å². The first-order valence-corrected chi connectivity index (χ1v) is 7.89. The smallest absolute Gasteiger partial charge is 0.216 e. The van der Waals surface area contributed by atoms with Crippen LogP contribution in [0.1, 0.15) is 25.1 Å². The van der Waals surface area contributed by atoms with Gasteiger partial charge in [0.2, 0.25) is 5.82 Å². The molecule has 0 spiro atoms. The van der Waals surface area contributed by atoms with Crippen molar-refractivity contribution in [1.82, 2.24) is 25.8 Å². The number of hydrogen-bond donors (Lipinski definition) is 3. The number of guanidine groups is 1. The first-order valence-electron chi connectivity index (χ1n) is 7.89. The summed E-state index contributed by atoms with van der Waals surface area (Å²) in [6.45, 7) is 0.509. The Morgan fingerprint density at radius 2 is 2.43 bits per heavy atom. The number of nitrogens with zero attached hydrogens (tertiary/aromatic N) is 3. The van der Waals surface area contributed by atoms with Crippen molar-refractivity contribution >= 4 is 5.96 Å². The Kier molecular flexibility index (Phi) is 3.74. The molecular weight excluding hydrogens is 296 g/mol. The van der Waals surface area contributed by atoms with Crippen LogP contribution in [-0.4, -0.2) is 46.4 Å². The molecule has 4 heterocycles. The number of aromatic amines is 1. The van der Waals surface area contributed by atoms with E-state index in [1.807, 2.05) is 12.1 Å². The van der Waals surface area contributed by atoms with Crippen molar-refractivity contribution in [2.75, 3.05) is 7.05 Å². The summed E-state index contributed by atoms with van der Waals surface area (Å²) in [7, 11) is 1.76. The first kappa shape index (κ1) is 14.3. The van der Waals surface area contributed by atoms with Crippen molar-refractivity contribution in [3.8, 4) is 11.6 Å². The van der Waals surface area contributed by atoms with Crippen LogP contribution in [0, 0.1) is 0 Å². The van der Waals surface area contributed by atoms with E-state index >= 15 is 0 Å². The number of fused-ring (bicyclic) bond motifs is 2. The van der Waals surface area contributed by atoms with Crippen molar-refractivity contribution in [2.45, 2.75) is 44.1 Å². The molecule has 0 radical (unpaired) electrons. The van der Waals surface area contributed by atoms with Crippen LogP contribution >= 0.6 is 0 Å². The minimum Gasteiger partial charge on any atom is -0.461 e. The van der Waals surface area contributed by atoms with Gasteiger partial charge in [-0.2, -0.15) is 0 Å². The molecule has 3 atom stereocenters. The average molecular weight is 316 g/mol. The van der Waals surface area contributed by atoms with E-state index < -0.39 is 0 Å². The van der Waals surface area contributed by atoms with E-state index in [9.17, 15) is 0 Å². The molecule has 23 heavy (non-hydrogen) atoms. The predicted octanol–water partition coefficient (Wildman–Crippen LogP) is 1.05. The second kappa shape index (κ2) is 6.04. The number of rotatable bonds is 4. The van der Waals surface area contributed by atoms with E-state index in [0.29, 0.717) is 36.4 Å². The Bertz CT molecular complexity index is 680. The molecule has 2 saturated heterocycles. The number of nitrogens with one attached hydrogen (secondary N) is 3. The van der Waals surface area contributed by atoms with E-state index in [0.717, 1.165) is 24.6 Å². The van der Waals surface area contributed by atoms with Crippen LogP contribution in [0.15, 0.2) is 27.8 Å². The van der Waals surface area contributed by atoms with Gasteiger partial charge in [0.05, 0.1) is 31.1 Å². The lowest BCUT2D eigenvalue weighted by atomic mass is 9.96. The second-order valence-electron chi connectivity index (χ2n) is 5.87. The SMILES string of the molecule is CN=C(NCc1nc(-c2ccco2)n[nH]1)NC1CC2CCC1O2. The van der Waals surface area contributed by atoms with Crippen molar-refractivity contribution in [3.05, 3.63) is 24.2 Å². The minimum absolute atomic E-state index is 0.314. The number of aliphatic imine (C=N–C) groups is 1. The molecule has 4 rings (SSSR count). The topological polar surface area (TPSA) is 100 Å². The monoisotopic (exact) mass is 316 g/mol. The quantitative estimate of drug-likeness (QED) is 0.576. The highest BCUT2D eigenvalue weighted by Gasteiger charge is 2.41. The van der Waals surface area contributed by atoms with E-state index in [1.165, 1.54) is 6.42 Å². The molecule has 3 unspecified atom stereocenters. The molecule has 2 fully saturated rings. The van der Waals surface area contributed by atoms with E-state index in [1.54, 1.807) is 13.3 Å². The van der Waals surface area contributed by atoms with Gasteiger partial charge in [-0.15, -0.1) is 5.10 Å². The Balaban J connectivity index is 1.32. The number of aromatic nitrogens is 3. The summed E-state index contributed by atoms with van der Waals surface area (Å²) in [5.74, 6) is 2.68. The van der Waals surface area contributed by atoms with Crippen LogP contribution in [-0.2, 0) is 11.3 Å². The molecule has 3 N–H and O–H groups in total. The molecule has 0 aromatic carbocycles. The lowest BCUT2D eigenvalue weighted by Crippen LogP contribution is -2.47. The van der Waals surface area contributed by atoms with Crippen molar-refractivity contribution in [2.24, 2.45) is 4.99 Å². The third kappa shape index (κ3) is 2.94. The van der Waals surface area contributed by atoms with Gasteiger partial charge < -0.3 is 19.8 Å². The minimum atomic E-state index is 0.314. The molecule has 0 amide bonds. The van der Waals surface area contributed by atoms with E-state index in [4.69, 9.17) is 9.15 Å². The molecule has 8 nitrogen and oxygen atoms in total. The summed E-state index contributed by atoms with van der Waals surface area (Å²) in [6, 6.07) is 3.98. The van der Waals surface area contributed by atoms with Crippen LogP contribution in [0.5, 0.6) is 0 Å². The largest absolute Gasteiger partial charge is 0.461 e. The number of hydrogen-bond acceptors (Lipinski definition) is 5. The van der Waals surface area contributed by atoms with Crippen LogP contribution in [0.4, 0.5) is 0 Å². The van der Waals surface area contributed by atoms with Crippen LogP contribution in [0.25, 0.3) is 11.6 Å². The normalized spacial score (nSPS) is 26.7. The lowest BCUT2D eigenvalue weighted by molar-refractivity contribution is 0.0992.